The molecule has 0 radical (unpaired) electrons. The van der Waals surface area contributed by atoms with E-state index in [1.165, 1.54) is 0 Å². The Morgan fingerprint density at radius 3 is 2.24 bits per heavy atom. The summed E-state index contributed by atoms with van der Waals surface area (Å²) in [6, 6.07) is -0.959. The minimum atomic E-state index is -1.08. The summed E-state index contributed by atoms with van der Waals surface area (Å²) in [4.78, 5) is 22.3. The maximum atomic E-state index is 11.4. The number of nitrogens with one attached hydrogen (secondary N) is 1. The van der Waals surface area contributed by atoms with Crippen molar-refractivity contribution in [2.75, 3.05) is 0 Å². The van der Waals surface area contributed by atoms with Gasteiger partial charge in [-0.3, -0.25) is 0 Å². The number of carbonyl (C=O) groups excluding carboxylic acids is 1. The number of carboxylic acids is 1. The maximum absolute atomic E-state index is 11.4. The van der Waals surface area contributed by atoms with Gasteiger partial charge < -0.3 is 15.2 Å². The third-order valence-electron chi connectivity index (χ3n) is 1.75. The minimum absolute atomic E-state index is 0.247. The number of amides is 1. The summed E-state index contributed by atoms with van der Waals surface area (Å²) >= 11 is 0. The molecule has 0 aliphatic heterocycles. The number of carboxylic acid groups (broad SMARTS) is 1. The molecule has 0 saturated heterocycles. The Balaban J connectivity index is 4.41. The van der Waals surface area contributed by atoms with Crippen molar-refractivity contribution in [2.45, 2.75) is 52.7 Å². The zero-order valence-electron chi connectivity index (χ0n) is 11.0. The first-order valence-electron chi connectivity index (χ1n) is 5.47. The summed E-state index contributed by atoms with van der Waals surface area (Å²) in [6.45, 7) is 8.90. The minimum Gasteiger partial charge on any atom is -0.480 e. The van der Waals surface area contributed by atoms with Crippen molar-refractivity contribution in [3.05, 3.63) is 11.6 Å². The molecule has 1 unspecified atom stereocenters. The summed E-state index contributed by atoms with van der Waals surface area (Å²) in [7, 11) is 0. The van der Waals surface area contributed by atoms with Crippen molar-refractivity contribution >= 4 is 12.1 Å². The molecule has 0 saturated carbocycles. The summed E-state index contributed by atoms with van der Waals surface area (Å²) in [5, 5.41) is 11.3. The monoisotopic (exact) mass is 243 g/mol. The zero-order chi connectivity index (χ0) is 13.6. The first kappa shape index (κ1) is 15.5. The van der Waals surface area contributed by atoms with Gasteiger partial charge in [0, 0.05) is 0 Å². The Hall–Kier alpha value is -1.52. The number of carbonyl (C=O) groups is 2. The molecule has 0 aromatic heterocycles. The summed E-state index contributed by atoms with van der Waals surface area (Å²) in [6.07, 6.45) is 1.29. The van der Waals surface area contributed by atoms with Crippen LogP contribution in [0.15, 0.2) is 11.6 Å². The first-order valence-corrected chi connectivity index (χ1v) is 5.47. The highest BCUT2D eigenvalue weighted by Gasteiger charge is 2.22. The standard InChI is InChI=1S/C12H21NO4/c1-8(2)6-7-9(10(14)15)13-11(16)17-12(3,4)5/h6,9H,7H2,1-5H3,(H,13,16)(H,14,15). The summed E-state index contributed by atoms with van der Waals surface area (Å²) < 4.78 is 4.99. The Kier molecular flexibility index (Phi) is 5.71. The molecule has 0 bridgehead atoms. The molecular weight excluding hydrogens is 222 g/mol. The van der Waals surface area contributed by atoms with Gasteiger partial charge in [0.15, 0.2) is 0 Å². The second-order valence-electron chi connectivity index (χ2n) is 5.05. The lowest BCUT2D eigenvalue weighted by Gasteiger charge is -2.21. The number of allylic oxidation sites excluding steroid dienone is 1. The Bertz CT molecular complexity index is 311. The fourth-order valence-electron chi connectivity index (χ4n) is 1.02. The Morgan fingerprint density at radius 1 is 1.35 bits per heavy atom. The van der Waals surface area contributed by atoms with E-state index in [-0.39, 0.29) is 6.42 Å². The van der Waals surface area contributed by atoms with Crippen LogP contribution in [0, 0.1) is 0 Å². The second-order valence-corrected chi connectivity index (χ2v) is 5.05. The highest BCUT2D eigenvalue weighted by Crippen LogP contribution is 2.07. The number of hydrogen-bond donors (Lipinski definition) is 2. The molecule has 0 aromatic carbocycles. The van der Waals surface area contributed by atoms with Crippen molar-refractivity contribution in [1.82, 2.24) is 5.32 Å². The highest BCUT2D eigenvalue weighted by molar-refractivity contribution is 5.80. The lowest BCUT2D eigenvalue weighted by atomic mass is 10.1. The largest absolute Gasteiger partial charge is 0.480 e. The van der Waals surface area contributed by atoms with Crippen molar-refractivity contribution in [2.24, 2.45) is 0 Å². The van der Waals surface area contributed by atoms with Gasteiger partial charge in [-0.1, -0.05) is 11.6 Å². The fraction of sp³-hybridized carbons (Fsp3) is 0.667. The van der Waals surface area contributed by atoms with Gasteiger partial charge in [0.1, 0.15) is 11.6 Å². The van der Waals surface area contributed by atoms with Crippen molar-refractivity contribution in [3.63, 3.8) is 0 Å². The van der Waals surface area contributed by atoms with Crippen LogP contribution in [0.4, 0.5) is 4.79 Å². The van der Waals surface area contributed by atoms with Crippen LogP contribution in [0.25, 0.3) is 0 Å². The van der Waals surface area contributed by atoms with Crippen LogP contribution < -0.4 is 5.32 Å². The van der Waals surface area contributed by atoms with Gasteiger partial charge in [0.2, 0.25) is 0 Å². The van der Waals surface area contributed by atoms with E-state index in [1.54, 1.807) is 26.8 Å². The molecule has 5 nitrogen and oxygen atoms in total. The molecule has 0 heterocycles. The van der Waals surface area contributed by atoms with E-state index in [9.17, 15) is 9.59 Å². The van der Waals surface area contributed by atoms with Crippen LogP contribution >= 0.6 is 0 Å². The van der Waals surface area contributed by atoms with Crippen molar-refractivity contribution < 1.29 is 19.4 Å². The number of alkyl carbamates (subject to hydrolysis) is 1. The summed E-state index contributed by atoms with van der Waals surface area (Å²) in [5.74, 6) is -1.08. The molecular formula is C12H21NO4. The molecule has 0 rings (SSSR count). The quantitative estimate of drug-likeness (QED) is 0.743. The SMILES string of the molecule is CC(C)=CCC(NC(=O)OC(C)(C)C)C(=O)O. The fourth-order valence-corrected chi connectivity index (χ4v) is 1.02. The van der Waals surface area contributed by atoms with Crippen LogP contribution in [0.3, 0.4) is 0 Å². The lowest BCUT2D eigenvalue weighted by Crippen LogP contribution is -2.43. The van der Waals surface area contributed by atoms with Crippen LogP contribution in [0.5, 0.6) is 0 Å². The number of rotatable bonds is 4. The maximum Gasteiger partial charge on any atom is 0.408 e. The van der Waals surface area contributed by atoms with Gasteiger partial charge in [-0.15, -0.1) is 0 Å². The van der Waals surface area contributed by atoms with E-state index in [0.29, 0.717) is 0 Å². The highest BCUT2D eigenvalue weighted by atomic mass is 16.6. The van der Waals surface area contributed by atoms with Crippen LogP contribution in [0.1, 0.15) is 41.0 Å². The van der Waals surface area contributed by atoms with E-state index in [1.807, 2.05) is 13.8 Å². The van der Waals surface area contributed by atoms with Gasteiger partial charge in [-0.25, -0.2) is 9.59 Å². The molecule has 5 heteroatoms. The van der Waals surface area contributed by atoms with Gasteiger partial charge in [0.05, 0.1) is 0 Å². The molecule has 0 spiro atoms. The summed E-state index contributed by atoms with van der Waals surface area (Å²) in [5.41, 5.74) is 0.367. The van der Waals surface area contributed by atoms with Crippen LogP contribution in [0.2, 0.25) is 0 Å². The zero-order valence-corrected chi connectivity index (χ0v) is 11.0. The predicted octanol–water partition coefficient (Wildman–Crippen LogP) is 2.32. The molecule has 2 N–H and O–H groups in total. The van der Waals surface area contributed by atoms with Crippen molar-refractivity contribution in [3.8, 4) is 0 Å². The molecule has 0 aromatic rings. The smallest absolute Gasteiger partial charge is 0.408 e. The first-order chi connectivity index (χ1) is 7.61. The molecule has 0 fully saturated rings. The number of ether oxygens (including phenoxy) is 1. The molecule has 0 aliphatic carbocycles. The second kappa shape index (κ2) is 6.27. The average molecular weight is 243 g/mol. The van der Waals surface area contributed by atoms with Crippen LogP contribution in [-0.4, -0.2) is 28.8 Å². The molecule has 1 amide bonds. The third-order valence-corrected chi connectivity index (χ3v) is 1.75. The van der Waals surface area contributed by atoms with E-state index in [4.69, 9.17) is 9.84 Å². The molecule has 17 heavy (non-hydrogen) atoms. The van der Waals surface area contributed by atoms with Crippen LogP contribution in [-0.2, 0) is 9.53 Å². The van der Waals surface area contributed by atoms with Gasteiger partial charge in [0.25, 0.3) is 0 Å². The Labute approximate surface area is 102 Å². The van der Waals surface area contributed by atoms with E-state index < -0.39 is 23.7 Å². The average Bonchev–Trinajstić information content (AvgIpc) is 2.08. The van der Waals surface area contributed by atoms with Gasteiger partial charge >= 0.3 is 12.1 Å². The van der Waals surface area contributed by atoms with Gasteiger partial charge in [-0.05, 0) is 41.0 Å². The molecule has 98 valence electrons. The topological polar surface area (TPSA) is 75.6 Å². The predicted molar refractivity (Wildman–Crippen MR) is 64.8 cm³/mol. The van der Waals surface area contributed by atoms with E-state index in [2.05, 4.69) is 5.32 Å². The van der Waals surface area contributed by atoms with E-state index >= 15 is 0 Å². The van der Waals surface area contributed by atoms with Crippen molar-refractivity contribution in [1.29, 1.82) is 0 Å². The number of aliphatic carboxylic acids is 1. The third kappa shape index (κ3) is 8.30. The molecule has 1 atom stereocenters. The molecule has 0 aliphatic rings. The Morgan fingerprint density at radius 2 is 1.88 bits per heavy atom. The lowest BCUT2D eigenvalue weighted by molar-refractivity contribution is -0.139. The number of hydrogen-bond acceptors (Lipinski definition) is 3. The van der Waals surface area contributed by atoms with Gasteiger partial charge in [-0.2, -0.15) is 0 Å². The normalized spacial score (nSPS) is 12.5. The van der Waals surface area contributed by atoms with E-state index in [0.717, 1.165) is 5.57 Å².